The molecule has 1 N–H and O–H groups in total. The highest BCUT2D eigenvalue weighted by atomic mass is 35.5. The summed E-state index contributed by atoms with van der Waals surface area (Å²) in [6, 6.07) is 9.41. The molecule has 0 saturated heterocycles. The predicted octanol–water partition coefficient (Wildman–Crippen LogP) is 5.03. The van der Waals surface area contributed by atoms with Crippen LogP contribution in [-0.2, 0) is 15.2 Å². The van der Waals surface area contributed by atoms with E-state index in [0.29, 0.717) is 27.4 Å². The Morgan fingerprint density at radius 2 is 1.83 bits per heavy atom. The van der Waals surface area contributed by atoms with Crippen LogP contribution in [0.3, 0.4) is 0 Å². The first-order chi connectivity index (χ1) is 13.9. The van der Waals surface area contributed by atoms with E-state index in [0.717, 1.165) is 0 Å². The number of carbonyl (C=O) groups excluding carboxylic acids is 1. The minimum Gasteiger partial charge on any atom is -0.374 e. The molecule has 1 atom stereocenters. The van der Waals surface area contributed by atoms with Gasteiger partial charge in [0.15, 0.2) is 0 Å². The normalized spacial score (nSPS) is 18.6. The largest absolute Gasteiger partial charge is 0.435 e. The monoisotopic (exact) mass is 439 g/mol. The van der Waals surface area contributed by atoms with Gasteiger partial charge in [-0.1, -0.05) is 52.1 Å². The third-order valence-corrected chi connectivity index (χ3v) is 5.16. The topological polar surface area (TPSA) is 53.9 Å². The summed E-state index contributed by atoms with van der Waals surface area (Å²) in [5.74, 6) is -0.314. The number of halogens is 4. The Labute approximate surface area is 177 Å². The molecule has 2 aromatic carbocycles. The summed E-state index contributed by atoms with van der Waals surface area (Å²) in [5.41, 5.74) is 2.39. The molecule has 0 spiro atoms. The molecule has 1 amide bonds. The summed E-state index contributed by atoms with van der Waals surface area (Å²) in [6.07, 6.45) is -5.16. The average molecular weight is 440 g/mol. The minimum absolute atomic E-state index is 0.0100. The molecule has 1 unspecified atom stereocenters. The van der Waals surface area contributed by atoms with E-state index in [1.165, 1.54) is 30.1 Å². The van der Waals surface area contributed by atoms with Gasteiger partial charge in [-0.2, -0.15) is 13.2 Å². The molecule has 0 saturated carbocycles. The van der Waals surface area contributed by atoms with Crippen LogP contribution in [0.4, 0.5) is 18.9 Å². The maximum atomic E-state index is 14.2. The number of amides is 1. The van der Waals surface area contributed by atoms with E-state index in [-0.39, 0.29) is 17.2 Å². The maximum absolute atomic E-state index is 14.2. The lowest BCUT2D eigenvalue weighted by Crippen LogP contribution is -2.42. The molecule has 1 aliphatic heterocycles. The molecule has 160 valence electrons. The molecule has 0 aromatic heterocycles. The molecule has 30 heavy (non-hydrogen) atoms. The van der Waals surface area contributed by atoms with Gasteiger partial charge in [0.05, 0.1) is 16.4 Å². The highest BCUT2D eigenvalue weighted by Gasteiger charge is 2.62. The van der Waals surface area contributed by atoms with Crippen LogP contribution in [0.2, 0.25) is 5.02 Å². The van der Waals surface area contributed by atoms with Crippen LogP contribution >= 0.6 is 11.6 Å². The van der Waals surface area contributed by atoms with Crippen molar-refractivity contribution in [1.29, 1.82) is 0 Å². The average Bonchev–Trinajstić information content (AvgIpc) is 3.07. The van der Waals surface area contributed by atoms with E-state index in [2.05, 4.69) is 10.6 Å². The number of carbonyl (C=O) groups is 1. The molecular weight excluding hydrogens is 419 g/mol. The van der Waals surface area contributed by atoms with Gasteiger partial charge in [0.1, 0.15) is 0 Å². The minimum atomic E-state index is -4.68. The van der Waals surface area contributed by atoms with Crippen LogP contribution < -0.4 is 10.4 Å². The predicted molar refractivity (Wildman–Crippen MR) is 110 cm³/mol. The summed E-state index contributed by atoms with van der Waals surface area (Å²) in [5, 5.41) is 5.52. The number of alkyl halides is 3. The Kier molecular flexibility index (Phi) is 5.73. The van der Waals surface area contributed by atoms with Crippen molar-refractivity contribution in [3.8, 4) is 0 Å². The summed E-state index contributed by atoms with van der Waals surface area (Å²) in [7, 11) is 1.58. The zero-order valence-electron chi connectivity index (χ0n) is 16.9. The third-order valence-electron chi connectivity index (χ3n) is 4.84. The zero-order valence-corrected chi connectivity index (χ0v) is 17.6. The number of nitrogens with zero attached hydrogens (tertiary/aromatic N) is 2. The van der Waals surface area contributed by atoms with Gasteiger partial charge in [0, 0.05) is 31.5 Å². The van der Waals surface area contributed by atoms with Crippen molar-refractivity contribution in [3.05, 3.63) is 63.7 Å². The van der Waals surface area contributed by atoms with Crippen molar-refractivity contribution in [2.45, 2.75) is 39.0 Å². The van der Waals surface area contributed by atoms with Crippen LogP contribution in [0.1, 0.15) is 35.6 Å². The molecular formula is C21H21ClF3N3O2. The van der Waals surface area contributed by atoms with Gasteiger partial charge in [0.25, 0.3) is 5.60 Å². The second-order valence-corrected chi connectivity index (χ2v) is 7.81. The van der Waals surface area contributed by atoms with E-state index in [1.807, 2.05) is 0 Å². The number of anilines is 1. The molecule has 0 bridgehead atoms. The molecule has 0 radical (unpaired) electrons. The number of hydrogen-bond donors (Lipinski definition) is 1. The van der Waals surface area contributed by atoms with Crippen molar-refractivity contribution in [2.24, 2.45) is 5.16 Å². The Morgan fingerprint density at radius 3 is 2.40 bits per heavy atom. The highest BCUT2D eigenvalue weighted by Crippen LogP contribution is 2.49. The van der Waals surface area contributed by atoms with Crippen LogP contribution in [0.15, 0.2) is 41.6 Å². The Hall–Kier alpha value is -2.74. The molecule has 0 fully saturated rings. The van der Waals surface area contributed by atoms with Gasteiger partial charge in [0.2, 0.25) is 5.91 Å². The van der Waals surface area contributed by atoms with E-state index in [9.17, 15) is 18.0 Å². The number of oxime groups is 1. The molecule has 2 aromatic rings. The second-order valence-electron chi connectivity index (χ2n) is 7.40. The quantitative estimate of drug-likeness (QED) is 0.680. The SMILES string of the molecule is CC(=O)NN(C)c1cc(C2=NOC(c3cc(C)cc(C)c3)(C(F)(F)F)C2)ccc1Cl. The number of hydrogen-bond acceptors (Lipinski definition) is 4. The molecule has 0 aliphatic carbocycles. The van der Waals surface area contributed by atoms with E-state index in [1.54, 1.807) is 39.1 Å². The fourth-order valence-corrected chi connectivity index (χ4v) is 3.76. The van der Waals surface area contributed by atoms with Crippen LogP contribution in [-0.4, -0.2) is 24.8 Å². The van der Waals surface area contributed by atoms with Crippen molar-refractivity contribution >= 4 is 28.9 Å². The molecule has 1 aliphatic rings. The van der Waals surface area contributed by atoms with Gasteiger partial charge in [-0.05, 0) is 26.0 Å². The molecule has 5 nitrogen and oxygen atoms in total. The van der Waals surface area contributed by atoms with E-state index in [4.69, 9.17) is 16.4 Å². The van der Waals surface area contributed by atoms with Crippen LogP contribution in [0.5, 0.6) is 0 Å². The number of nitrogens with one attached hydrogen (secondary N) is 1. The molecule has 3 rings (SSSR count). The van der Waals surface area contributed by atoms with Gasteiger partial charge in [-0.3, -0.25) is 15.2 Å². The summed E-state index contributed by atoms with van der Waals surface area (Å²) in [4.78, 5) is 16.4. The highest BCUT2D eigenvalue weighted by molar-refractivity contribution is 6.33. The first kappa shape index (κ1) is 22.0. The summed E-state index contributed by atoms with van der Waals surface area (Å²) >= 11 is 6.20. The van der Waals surface area contributed by atoms with Crippen molar-refractivity contribution in [3.63, 3.8) is 0 Å². The second kappa shape index (κ2) is 7.83. The molecule has 9 heteroatoms. The Balaban J connectivity index is 2.00. The summed E-state index contributed by atoms with van der Waals surface area (Å²) < 4.78 is 42.6. The van der Waals surface area contributed by atoms with Crippen LogP contribution in [0.25, 0.3) is 0 Å². The molecule has 1 heterocycles. The van der Waals surface area contributed by atoms with Crippen LogP contribution in [0, 0.1) is 13.8 Å². The van der Waals surface area contributed by atoms with Gasteiger partial charge in [-0.25, -0.2) is 0 Å². The lowest BCUT2D eigenvalue weighted by Gasteiger charge is -2.30. The number of aryl methyl sites for hydroxylation is 2. The van der Waals surface area contributed by atoms with Gasteiger partial charge >= 0.3 is 6.18 Å². The first-order valence-corrected chi connectivity index (χ1v) is 9.52. The van der Waals surface area contributed by atoms with Gasteiger partial charge in [-0.15, -0.1) is 0 Å². The number of rotatable bonds is 4. The van der Waals surface area contributed by atoms with Gasteiger partial charge < -0.3 is 4.84 Å². The number of benzene rings is 2. The van der Waals surface area contributed by atoms with Crippen molar-refractivity contribution in [2.75, 3.05) is 12.1 Å². The van der Waals surface area contributed by atoms with Crippen molar-refractivity contribution in [1.82, 2.24) is 5.43 Å². The van der Waals surface area contributed by atoms with E-state index < -0.39 is 18.2 Å². The first-order valence-electron chi connectivity index (χ1n) is 9.14. The van der Waals surface area contributed by atoms with Crippen molar-refractivity contribution < 1.29 is 22.8 Å². The lowest BCUT2D eigenvalue weighted by atomic mass is 9.85. The standard InChI is InChI=1S/C21H21ClF3N3O2/c1-12-7-13(2)9-16(8-12)20(21(23,24)25)11-18(27-30-20)15-5-6-17(22)19(10-15)28(4)26-14(3)29/h5-10H,11H2,1-4H3,(H,26,29). The Bertz CT molecular complexity index is 1000. The number of hydrazine groups is 1. The lowest BCUT2D eigenvalue weighted by molar-refractivity contribution is -0.275. The fourth-order valence-electron chi connectivity index (χ4n) is 3.51. The summed E-state index contributed by atoms with van der Waals surface area (Å²) in [6.45, 7) is 4.81. The smallest absolute Gasteiger partial charge is 0.374 e. The Morgan fingerprint density at radius 1 is 1.20 bits per heavy atom. The van der Waals surface area contributed by atoms with E-state index >= 15 is 0 Å². The third kappa shape index (κ3) is 4.09. The fraction of sp³-hybridized carbons (Fsp3) is 0.333. The maximum Gasteiger partial charge on any atom is 0.435 e. The zero-order chi connectivity index (χ0) is 22.3.